The number of aryl methyl sites for hydroxylation is 1. The molecule has 0 saturated carbocycles. The van der Waals surface area contributed by atoms with Crippen LogP contribution in [0.4, 0.5) is 10.7 Å². The number of primary amides is 2. The van der Waals surface area contributed by atoms with Gasteiger partial charge in [-0.05, 0) is 31.5 Å². The summed E-state index contributed by atoms with van der Waals surface area (Å²) in [6.45, 7) is 3.54. The summed E-state index contributed by atoms with van der Waals surface area (Å²) in [4.78, 5) is 46.6. The largest absolute Gasteiger partial charge is 0.366 e. The molecule has 11 heteroatoms. The van der Waals surface area contributed by atoms with Crippen LogP contribution in [-0.2, 0) is 4.79 Å². The number of benzene rings is 1. The Bertz CT molecular complexity index is 955. The van der Waals surface area contributed by atoms with Gasteiger partial charge in [-0.1, -0.05) is 0 Å². The summed E-state index contributed by atoms with van der Waals surface area (Å²) in [5.41, 5.74) is 11.1. The van der Waals surface area contributed by atoms with Crippen LogP contribution in [0.1, 0.15) is 31.2 Å². The maximum absolute atomic E-state index is 12.2. The Kier molecular flexibility index (Phi) is 6.18. The molecule has 0 spiro atoms. The number of thiophene rings is 1. The van der Waals surface area contributed by atoms with Crippen molar-refractivity contribution in [3.8, 4) is 0 Å². The van der Waals surface area contributed by atoms with E-state index < -0.39 is 22.6 Å². The molecule has 1 heterocycles. The molecule has 1 aromatic carbocycles. The minimum absolute atomic E-state index is 0.00568. The van der Waals surface area contributed by atoms with E-state index in [9.17, 15) is 24.5 Å². The fourth-order valence-corrected chi connectivity index (χ4v) is 4.14. The molecular weight excluding hydrogens is 392 g/mol. The maximum atomic E-state index is 12.2. The Morgan fingerprint density at radius 3 is 2.44 bits per heavy atom. The van der Waals surface area contributed by atoms with Crippen LogP contribution < -0.4 is 16.8 Å². The zero-order chi connectivity index (χ0) is 20.3. The average Bonchev–Trinajstić information content (AvgIpc) is 2.86. The Balaban J connectivity index is 2.15. The lowest BCUT2D eigenvalue weighted by atomic mass is 10.1. The van der Waals surface area contributed by atoms with Gasteiger partial charge in [0, 0.05) is 16.5 Å². The summed E-state index contributed by atoms with van der Waals surface area (Å²) >= 11 is 2.16. The van der Waals surface area contributed by atoms with Gasteiger partial charge in [-0.3, -0.25) is 24.5 Å². The minimum Gasteiger partial charge on any atom is -0.366 e. The summed E-state index contributed by atoms with van der Waals surface area (Å²) in [6.07, 6.45) is 0. The second-order valence-corrected chi connectivity index (χ2v) is 7.73. The second kappa shape index (κ2) is 8.18. The molecule has 142 valence electrons. The number of carbonyl (C=O) groups is 3. The van der Waals surface area contributed by atoms with Crippen molar-refractivity contribution in [1.82, 2.24) is 0 Å². The van der Waals surface area contributed by atoms with Crippen molar-refractivity contribution < 1.29 is 19.3 Å². The normalized spacial score (nSPS) is 10.4. The predicted octanol–water partition coefficient (Wildman–Crippen LogP) is 2.20. The molecule has 27 heavy (non-hydrogen) atoms. The quantitative estimate of drug-likeness (QED) is 0.362. The number of nitrogens with one attached hydrogen (secondary N) is 1. The smallest absolute Gasteiger partial charge is 0.283 e. The number of anilines is 1. The van der Waals surface area contributed by atoms with Gasteiger partial charge in [-0.15, -0.1) is 23.1 Å². The van der Waals surface area contributed by atoms with Crippen molar-refractivity contribution in [2.24, 2.45) is 11.5 Å². The third-order valence-electron chi connectivity index (χ3n) is 3.68. The molecule has 2 aromatic rings. The maximum Gasteiger partial charge on any atom is 0.283 e. The number of nitro groups is 1. The Hall–Kier alpha value is -2.92. The molecule has 0 atom stereocenters. The van der Waals surface area contributed by atoms with E-state index in [1.165, 1.54) is 23.5 Å². The van der Waals surface area contributed by atoms with Gasteiger partial charge in [0.2, 0.25) is 11.8 Å². The Labute approximate surface area is 162 Å². The second-order valence-electron chi connectivity index (χ2n) is 5.49. The predicted molar refractivity (Wildman–Crippen MR) is 103 cm³/mol. The van der Waals surface area contributed by atoms with Crippen LogP contribution in [-0.4, -0.2) is 28.4 Å². The fraction of sp³-hybridized carbons (Fsp3) is 0.188. The highest BCUT2D eigenvalue weighted by Crippen LogP contribution is 2.33. The SMILES string of the molecule is Cc1sc(NC(=O)CSc2ccc(C(N)=O)cc2[N+](=O)[O-])c(C(N)=O)c1C. The summed E-state index contributed by atoms with van der Waals surface area (Å²) in [7, 11) is 0. The number of rotatable bonds is 7. The number of nitrogens with zero attached hydrogens (tertiary/aromatic N) is 1. The average molecular weight is 408 g/mol. The first-order chi connectivity index (χ1) is 12.6. The van der Waals surface area contributed by atoms with Crippen molar-refractivity contribution >= 4 is 51.5 Å². The van der Waals surface area contributed by atoms with Gasteiger partial charge < -0.3 is 16.8 Å². The zero-order valence-electron chi connectivity index (χ0n) is 14.4. The van der Waals surface area contributed by atoms with Gasteiger partial charge in [0.1, 0.15) is 5.00 Å². The number of carbonyl (C=O) groups excluding carboxylic acids is 3. The molecule has 0 radical (unpaired) electrons. The third-order valence-corrected chi connectivity index (χ3v) is 5.87. The monoisotopic (exact) mass is 408 g/mol. The van der Waals surface area contributed by atoms with E-state index in [2.05, 4.69) is 5.32 Å². The van der Waals surface area contributed by atoms with Crippen molar-refractivity contribution in [2.75, 3.05) is 11.1 Å². The van der Waals surface area contributed by atoms with E-state index in [0.717, 1.165) is 22.7 Å². The molecule has 0 fully saturated rings. The number of nitrogens with two attached hydrogens (primary N) is 2. The molecule has 0 aliphatic carbocycles. The molecular formula is C16H16N4O5S2. The van der Waals surface area contributed by atoms with E-state index in [1.54, 1.807) is 13.8 Å². The third kappa shape index (κ3) is 4.63. The molecule has 0 bridgehead atoms. The van der Waals surface area contributed by atoms with Crippen molar-refractivity contribution in [3.63, 3.8) is 0 Å². The molecule has 0 aliphatic heterocycles. The van der Waals surface area contributed by atoms with Gasteiger partial charge in [0.25, 0.3) is 11.6 Å². The molecule has 9 nitrogen and oxygen atoms in total. The summed E-state index contributed by atoms with van der Waals surface area (Å²) in [5.74, 6) is -2.00. The Morgan fingerprint density at radius 1 is 1.22 bits per heavy atom. The van der Waals surface area contributed by atoms with Crippen LogP contribution in [0.3, 0.4) is 0 Å². The lowest BCUT2D eigenvalue weighted by Gasteiger charge is -2.06. The van der Waals surface area contributed by atoms with E-state index in [4.69, 9.17) is 11.5 Å². The van der Waals surface area contributed by atoms with Crippen LogP contribution in [0, 0.1) is 24.0 Å². The summed E-state index contributed by atoms with van der Waals surface area (Å²) in [6, 6.07) is 3.79. The minimum atomic E-state index is -0.783. The van der Waals surface area contributed by atoms with E-state index in [1.807, 2.05) is 0 Å². The van der Waals surface area contributed by atoms with Crippen LogP contribution in [0.15, 0.2) is 23.1 Å². The topological polar surface area (TPSA) is 158 Å². The van der Waals surface area contributed by atoms with Crippen molar-refractivity contribution in [2.45, 2.75) is 18.7 Å². The van der Waals surface area contributed by atoms with Crippen LogP contribution in [0.5, 0.6) is 0 Å². The van der Waals surface area contributed by atoms with E-state index in [-0.39, 0.29) is 27.5 Å². The molecule has 0 saturated heterocycles. The zero-order valence-corrected chi connectivity index (χ0v) is 16.0. The first-order valence-electron chi connectivity index (χ1n) is 7.52. The standard InChI is InChI=1S/C16H16N4O5S2/c1-7-8(2)27-16(13(7)15(18)23)19-12(21)6-26-11-4-3-9(14(17)22)5-10(11)20(24)25/h3-5H,6H2,1-2H3,(H2,17,22)(H2,18,23)(H,19,21). The van der Waals surface area contributed by atoms with Crippen molar-refractivity contribution in [3.05, 3.63) is 49.9 Å². The van der Waals surface area contributed by atoms with Crippen LogP contribution in [0.2, 0.25) is 0 Å². The molecule has 3 amide bonds. The fourth-order valence-electron chi connectivity index (χ4n) is 2.25. The lowest BCUT2D eigenvalue weighted by Crippen LogP contribution is -2.18. The summed E-state index contributed by atoms with van der Waals surface area (Å²) in [5, 5.41) is 14.1. The van der Waals surface area contributed by atoms with Gasteiger partial charge in [-0.25, -0.2) is 0 Å². The number of hydrogen-bond acceptors (Lipinski definition) is 7. The van der Waals surface area contributed by atoms with Gasteiger partial charge >= 0.3 is 0 Å². The molecule has 0 unspecified atom stereocenters. The molecule has 5 N–H and O–H groups in total. The first-order valence-corrected chi connectivity index (χ1v) is 9.32. The highest BCUT2D eigenvalue weighted by molar-refractivity contribution is 8.00. The van der Waals surface area contributed by atoms with Gasteiger partial charge in [-0.2, -0.15) is 0 Å². The number of amides is 3. The first kappa shape index (κ1) is 20.4. The lowest BCUT2D eigenvalue weighted by molar-refractivity contribution is -0.387. The van der Waals surface area contributed by atoms with E-state index >= 15 is 0 Å². The molecule has 1 aromatic heterocycles. The Morgan fingerprint density at radius 2 is 1.89 bits per heavy atom. The highest BCUT2D eigenvalue weighted by atomic mass is 32.2. The van der Waals surface area contributed by atoms with E-state index in [0.29, 0.717) is 10.6 Å². The van der Waals surface area contributed by atoms with Crippen LogP contribution in [0.25, 0.3) is 0 Å². The number of hydrogen-bond donors (Lipinski definition) is 3. The number of thioether (sulfide) groups is 1. The van der Waals surface area contributed by atoms with Gasteiger partial charge in [0.05, 0.1) is 21.1 Å². The molecule has 2 rings (SSSR count). The molecule has 0 aliphatic rings. The van der Waals surface area contributed by atoms with Gasteiger partial charge in [0.15, 0.2) is 0 Å². The highest BCUT2D eigenvalue weighted by Gasteiger charge is 2.21. The number of nitro benzene ring substituents is 1. The van der Waals surface area contributed by atoms with Crippen molar-refractivity contribution in [1.29, 1.82) is 0 Å². The van der Waals surface area contributed by atoms with Crippen LogP contribution >= 0.6 is 23.1 Å². The summed E-state index contributed by atoms with van der Waals surface area (Å²) < 4.78 is 0.